The number of Topliss-reactive ketones (excluding diaryl/α,β-unsaturated/α-hetero) is 1. The molecule has 2 aliphatic rings. The van der Waals surface area contributed by atoms with Crippen molar-refractivity contribution in [1.29, 1.82) is 0 Å². The number of likely N-dealkylation sites (tertiary alicyclic amines) is 1. The molecule has 1 aliphatic heterocycles. The Labute approximate surface area is 118 Å². The topological polar surface area (TPSA) is 20.3 Å². The lowest BCUT2D eigenvalue weighted by Crippen LogP contribution is -2.41. The first-order valence-corrected chi connectivity index (χ1v) is 8.25. The molecule has 3 atom stereocenters. The van der Waals surface area contributed by atoms with Gasteiger partial charge in [0.15, 0.2) is 0 Å². The fourth-order valence-corrected chi connectivity index (χ4v) is 4.05. The van der Waals surface area contributed by atoms with Crippen molar-refractivity contribution >= 4 is 5.78 Å². The highest BCUT2D eigenvalue weighted by Gasteiger charge is 2.35. The Bertz CT molecular complexity index is 310. The van der Waals surface area contributed by atoms with Gasteiger partial charge in [-0.15, -0.1) is 0 Å². The van der Waals surface area contributed by atoms with E-state index < -0.39 is 0 Å². The first-order chi connectivity index (χ1) is 8.99. The second-order valence-electron chi connectivity index (χ2n) is 7.39. The van der Waals surface area contributed by atoms with E-state index in [-0.39, 0.29) is 0 Å². The molecule has 19 heavy (non-hydrogen) atoms. The summed E-state index contributed by atoms with van der Waals surface area (Å²) < 4.78 is 0. The van der Waals surface area contributed by atoms with E-state index in [1.54, 1.807) is 0 Å². The maximum absolute atomic E-state index is 12.2. The number of carbonyl (C=O) groups is 1. The fourth-order valence-electron chi connectivity index (χ4n) is 4.05. The molecule has 2 heteroatoms. The van der Waals surface area contributed by atoms with Gasteiger partial charge in [0.25, 0.3) is 0 Å². The zero-order valence-corrected chi connectivity index (χ0v) is 13.2. The van der Waals surface area contributed by atoms with Crippen molar-refractivity contribution in [1.82, 2.24) is 4.90 Å². The van der Waals surface area contributed by atoms with Crippen LogP contribution in [0.25, 0.3) is 0 Å². The van der Waals surface area contributed by atoms with Crippen LogP contribution in [-0.4, -0.2) is 29.8 Å². The minimum atomic E-state index is 0.320. The van der Waals surface area contributed by atoms with Gasteiger partial charge in [-0.05, 0) is 50.0 Å². The molecule has 3 unspecified atom stereocenters. The first kappa shape index (κ1) is 15.0. The smallest absolute Gasteiger partial charge is 0.137 e. The van der Waals surface area contributed by atoms with Gasteiger partial charge in [0.2, 0.25) is 0 Å². The van der Waals surface area contributed by atoms with Crippen LogP contribution in [0, 0.1) is 23.7 Å². The molecule has 0 aromatic heterocycles. The van der Waals surface area contributed by atoms with Crippen LogP contribution in [0.4, 0.5) is 0 Å². The highest BCUT2D eigenvalue weighted by molar-refractivity contribution is 5.82. The number of nitrogens with zero attached hydrogens (tertiary/aromatic N) is 1. The molecule has 0 spiro atoms. The van der Waals surface area contributed by atoms with Crippen molar-refractivity contribution in [3.63, 3.8) is 0 Å². The van der Waals surface area contributed by atoms with Gasteiger partial charge >= 0.3 is 0 Å². The van der Waals surface area contributed by atoms with E-state index in [1.807, 2.05) is 0 Å². The second kappa shape index (κ2) is 6.39. The lowest BCUT2D eigenvalue weighted by atomic mass is 9.75. The van der Waals surface area contributed by atoms with Gasteiger partial charge in [-0.3, -0.25) is 9.69 Å². The van der Waals surface area contributed by atoms with E-state index in [9.17, 15) is 4.79 Å². The molecule has 2 fully saturated rings. The van der Waals surface area contributed by atoms with Gasteiger partial charge < -0.3 is 0 Å². The monoisotopic (exact) mass is 265 g/mol. The van der Waals surface area contributed by atoms with Gasteiger partial charge in [0.05, 0.1) is 0 Å². The minimum Gasteiger partial charge on any atom is -0.299 e. The van der Waals surface area contributed by atoms with E-state index >= 15 is 0 Å². The maximum atomic E-state index is 12.2. The highest BCUT2D eigenvalue weighted by atomic mass is 16.1. The zero-order valence-electron chi connectivity index (χ0n) is 13.2. The molecule has 2 rings (SSSR count). The summed E-state index contributed by atoms with van der Waals surface area (Å²) in [6.45, 7) is 11.5. The number of ketones is 1. The minimum absolute atomic E-state index is 0.320. The van der Waals surface area contributed by atoms with Crippen molar-refractivity contribution < 1.29 is 4.79 Å². The van der Waals surface area contributed by atoms with E-state index in [4.69, 9.17) is 0 Å². The van der Waals surface area contributed by atoms with Crippen molar-refractivity contribution in [2.75, 3.05) is 13.1 Å². The van der Waals surface area contributed by atoms with Gasteiger partial charge in [0.1, 0.15) is 5.78 Å². The van der Waals surface area contributed by atoms with E-state index in [2.05, 4.69) is 32.6 Å². The van der Waals surface area contributed by atoms with Crippen molar-refractivity contribution in [3.05, 3.63) is 0 Å². The molecule has 0 aromatic rings. The van der Waals surface area contributed by atoms with E-state index in [0.29, 0.717) is 17.7 Å². The highest BCUT2D eigenvalue weighted by Crippen LogP contribution is 2.34. The lowest BCUT2D eigenvalue weighted by molar-refractivity contribution is -0.126. The molecule has 1 aliphatic carbocycles. The summed E-state index contributed by atoms with van der Waals surface area (Å²) in [6.07, 6.45) is 5.73. The summed E-state index contributed by atoms with van der Waals surface area (Å²) in [5, 5.41) is 0. The van der Waals surface area contributed by atoms with Crippen molar-refractivity contribution in [2.24, 2.45) is 23.7 Å². The van der Waals surface area contributed by atoms with Gasteiger partial charge in [-0.2, -0.15) is 0 Å². The van der Waals surface area contributed by atoms with Crippen molar-refractivity contribution in [3.8, 4) is 0 Å². The van der Waals surface area contributed by atoms with Crippen LogP contribution in [0.5, 0.6) is 0 Å². The Kier molecular flexibility index (Phi) is 5.05. The summed E-state index contributed by atoms with van der Waals surface area (Å²) in [5.74, 6) is 3.08. The quantitative estimate of drug-likeness (QED) is 0.771. The average molecular weight is 265 g/mol. The van der Waals surface area contributed by atoms with Crippen LogP contribution in [0.1, 0.15) is 59.8 Å². The third kappa shape index (κ3) is 3.59. The molecule has 1 saturated heterocycles. The third-order valence-electron chi connectivity index (χ3n) is 5.39. The van der Waals surface area contributed by atoms with Crippen LogP contribution in [0.2, 0.25) is 0 Å². The molecular formula is C17H31NO. The predicted molar refractivity (Wildman–Crippen MR) is 80.1 cm³/mol. The van der Waals surface area contributed by atoms with Crippen LogP contribution < -0.4 is 0 Å². The van der Waals surface area contributed by atoms with Crippen LogP contribution >= 0.6 is 0 Å². The van der Waals surface area contributed by atoms with Crippen LogP contribution in [-0.2, 0) is 4.79 Å². The molecule has 0 radical (unpaired) electrons. The van der Waals surface area contributed by atoms with Gasteiger partial charge in [-0.25, -0.2) is 0 Å². The fraction of sp³-hybridized carbons (Fsp3) is 0.941. The molecule has 2 nitrogen and oxygen atoms in total. The second-order valence-corrected chi connectivity index (χ2v) is 7.39. The largest absolute Gasteiger partial charge is 0.299 e. The maximum Gasteiger partial charge on any atom is 0.137 e. The predicted octanol–water partition coefficient (Wildman–Crippen LogP) is 3.75. The molecule has 0 aromatic carbocycles. The Morgan fingerprint density at radius 2 is 1.89 bits per heavy atom. The molecule has 0 bridgehead atoms. The lowest BCUT2D eigenvalue weighted by Gasteiger charge is -2.35. The molecule has 0 amide bonds. The number of hydrogen-bond donors (Lipinski definition) is 0. The SMILES string of the molecule is CC(C)C1CCC(=O)C(CN2CCCC2C(C)C)C1. The van der Waals surface area contributed by atoms with Crippen molar-refractivity contribution in [2.45, 2.75) is 65.8 Å². The number of carbonyl (C=O) groups excluding carboxylic acids is 1. The summed E-state index contributed by atoms with van der Waals surface area (Å²) in [6, 6.07) is 0.715. The summed E-state index contributed by atoms with van der Waals surface area (Å²) in [5.41, 5.74) is 0. The zero-order chi connectivity index (χ0) is 14.0. The Hall–Kier alpha value is -0.370. The molecule has 1 heterocycles. The standard InChI is InChI=1S/C17H31NO/c1-12(2)14-7-8-17(19)15(10-14)11-18-9-5-6-16(18)13(3)4/h12-16H,5-11H2,1-4H3. The van der Waals surface area contributed by atoms with Crippen LogP contribution in [0.3, 0.4) is 0 Å². The van der Waals surface area contributed by atoms with Crippen LogP contribution in [0.15, 0.2) is 0 Å². The molecule has 110 valence electrons. The molecule has 1 saturated carbocycles. The normalized spacial score (nSPS) is 33.6. The number of rotatable bonds is 4. The van der Waals surface area contributed by atoms with E-state index in [0.717, 1.165) is 43.6 Å². The Morgan fingerprint density at radius 3 is 2.53 bits per heavy atom. The third-order valence-corrected chi connectivity index (χ3v) is 5.39. The average Bonchev–Trinajstić information content (AvgIpc) is 2.80. The first-order valence-electron chi connectivity index (χ1n) is 8.25. The van der Waals surface area contributed by atoms with Gasteiger partial charge in [0, 0.05) is 24.9 Å². The molecular weight excluding hydrogens is 234 g/mol. The summed E-state index contributed by atoms with van der Waals surface area (Å²) in [4.78, 5) is 14.8. The summed E-state index contributed by atoms with van der Waals surface area (Å²) >= 11 is 0. The summed E-state index contributed by atoms with van der Waals surface area (Å²) in [7, 11) is 0. The molecule has 0 N–H and O–H groups in total. The van der Waals surface area contributed by atoms with Gasteiger partial charge in [-0.1, -0.05) is 27.7 Å². The van der Waals surface area contributed by atoms with E-state index in [1.165, 1.54) is 19.4 Å². The Morgan fingerprint density at radius 1 is 1.16 bits per heavy atom. The Balaban J connectivity index is 1.94. The number of hydrogen-bond acceptors (Lipinski definition) is 2.